The third kappa shape index (κ3) is 2.22. The smallest absolute Gasteiger partial charge is 0.290 e. The number of aromatic nitrogens is 1. The summed E-state index contributed by atoms with van der Waals surface area (Å²) in [5.41, 5.74) is 0.912. The maximum Gasteiger partial charge on any atom is 0.290 e. The minimum absolute atomic E-state index is 0.241. The van der Waals surface area contributed by atoms with Crippen LogP contribution < -0.4 is 4.74 Å². The molecule has 2 aromatic rings. The van der Waals surface area contributed by atoms with E-state index in [9.17, 15) is 4.79 Å². The molecular weight excluding hydrogens is 194 g/mol. The van der Waals surface area contributed by atoms with Gasteiger partial charge >= 0.3 is 0 Å². The fraction of sp³-hybridized carbons (Fsp3) is 0.0909. The lowest BCUT2D eigenvalue weighted by Crippen LogP contribution is -1.84. The first-order chi connectivity index (χ1) is 7.28. The number of aryl methyl sites for hydroxylation is 1. The molecule has 0 atom stereocenters. The third-order valence-electron chi connectivity index (χ3n) is 1.82. The van der Waals surface area contributed by atoms with Crippen molar-refractivity contribution in [2.24, 2.45) is 0 Å². The highest BCUT2D eigenvalue weighted by Gasteiger charge is 2.03. The fourth-order valence-corrected chi connectivity index (χ4v) is 1.08. The van der Waals surface area contributed by atoms with Gasteiger partial charge in [0.25, 0.3) is 5.95 Å². The number of carbonyl (C=O) groups is 1. The van der Waals surface area contributed by atoms with Gasteiger partial charge in [0.15, 0.2) is 12.0 Å². The summed E-state index contributed by atoms with van der Waals surface area (Å²) < 4.78 is 10.4. The van der Waals surface area contributed by atoms with Crippen molar-refractivity contribution in [3.63, 3.8) is 0 Å². The number of rotatable bonds is 3. The Bertz CT molecular complexity index is 459. The largest absolute Gasteiger partial charge is 0.424 e. The van der Waals surface area contributed by atoms with E-state index in [2.05, 4.69) is 4.98 Å². The Morgan fingerprint density at radius 2 is 2.20 bits per heavy atom. The molecule has 0 N–H and O–H groups in total. The maximum atomic E-state index is 10.4. The predicted octanol–water partition coefficient (Wildman–Crippen LogP) is 2.59. The lowest BCUT2D eigenvalue weighted by Gasteiger charge is -2.00. The molecule has 0 unspecified atom stereocenters. The Kier molecular flexibility index (Phi) is 2.49. The SMILES string of the molecule is Cc1ccc(Oc2ccc(C=O)o2)cn1. The molecule has 76 valence electrons. The van der Waals surface area contributed by atoms with Gasteiger partial charge in [-0.2, -0.15) is 0 Å². The van der Waals surface area contributed by atoms with Crippen molar-refractivity contribution in [1.29, 1.82) is 0 Å². The fourth-order valence-electron chi connectivity index (χ4n) is 1.08. The Balaban J connectivity index is 2.14. The van der Waals surface area contributed by atoms with Gasteiger partial charge in [0.05, 0.1) is 6.20 Å². The zero-order valence-corrected chi connectivity index (χ0v) is 8.14. The van der Waals surface area contributed by atoms with Crippen LogP contribution in [-0.2, 0) is 0 Å². The molecule has 2 aromatic heterocycles. The standard InChI is InChI=1S/C11H9NO3/c1-8-2-3-9(6-12-8)14-11-5-4-10(7-13)15-11/h2-7H,1H3. The van der Waals surface area contributed by atoms with Crippen molar-refractivity contribution < 1.29 is 13.9 Å². The van der Waals surface area contributed by atoms with Crippen LogP contribution in [0.1, 0.15) is 16.2 Å². The number of nitrogens with zero attached hydrogens (tertiary/aromatic N) is 1. The number of hydrogen-bond acceptors (Lipinski definition) is 4. The summed E-state index contributed by atoms with van der Waals surface area (Å²) in [6.45, 7) is 1.89. The first kappa shape index (κ1) is 9.45. The summed E-state index contributed by atoms with van der Waals surface area (Å²) in [4.78, 5) is 14.4. The molecule has 0 aliphatic heterocycles. The molecule has 0 aliphatic rings. The monoisotopic (exact) mass is 203 g/mol. The van der Waals surface area contributed by atoms with Crippen LogP contribution >= 0.6 is 0 Å². The van der Waals surface area contributed by atoms with E-state index in [4.69, 9.17) is 9.15 Å². The molecule has 0 bridgehead atoms. The van der Waals surface area contributed by atoms with E-state index in [0.29, 0.717) is 12.0 Å². The zero-order chi connectivity index (χ0) is 10.7. The van der Waals surface area contributed by atoms with Crippen LogP contribution in [0.3, 0.4) is 0 Å². The van der Waals surface area contributed by atoms with E-state index in [1.807, 2.05) is 13.0 Å². The van der Waals surface area contributed by atoms with Crippen molar-refractivity contribution in [2.45, 2.75) is 6.92 Å². The van der Waals surface area contributed by atoms with E-state index in [0.717, 1.165) is 5.69 Å². The van der Waals surface area contributed by atoms with Gasteiger partial charge in [0.1, 0.15) is 5.75 Å². The van der Waals surface area contributed by atoms with Crippen molar-refractivity contribution in [1.82, 2.24) is 4.98 Å². The Morgan fingerprint density at radius 3 is 2.80 bits per heavy atom. The van der Waals surface area contributed by atoms with Crippen LogP contribution in [0.5, 0.6) is 11.7 Å². The lowest BCUT2D eigenvalue weighted by atomic mass is 10.4. The highest BCUT2D eigenvalue weighted by Crippen LogP contribution is 2.22. The van der Waals surface area contributed by atoms with E-state index >= 15 is 0 Å². The molecule has 0 aromatic carbocycles. The average molecular weight is 203 g/mol. The van der Waals surface area contributed by atoms with E-state index in [-0.39, 0.29) is 11.7 Å². The number of furan rings is 1. The van der Waals surface area contributed by atoms with Gasteiger partial charge in [-0.3, -0.25) is 9.78 Å². The second kappa shape index (κ2) is 3.96. The molecule has 0 saturated carbocycles. The number of ether oxygens (including phenoxy) is 1. The lowest BCUT2D eigenvalue weighted by molar-refractivity contribution is 0.109. The number of hydrogen-bond donors (Lipinski definition) is 0. The summed E-state index contributed by atoms with van der Waals surface area (Å²) >= 11 is 0. The molecule has 0 spiro atoms. The number of pyridine rings is 1. The Hall–Kier alpha value is -2.10. The van der Waals surface area contributed by atoms with Gasteiger partial charge in [-0.25, -0.2) is 0 Å². The minimum atomic E-state index is 0.241. The van der Waals surface area contributed by atoms with Gasteiger partial charge in [0, 0.05) is 11.8 Å². The summed E-state index contributed by atoms with van der Waals surface area (Å²) in [6, 6.07) is 6.75. The van der Waals surface area contributed by atoms with E-state index in [1.165, 1.54) is 0 Å². The summed E-state index contributed by atoms with van der Waals surface area (Å²) in [7, 11) is 0. The minimum Gasteiger partial charge on any atom is -0.424 e. The van der Waals surface area contributed by atoms with E-state index in [1.54, 1.807) is 24.4 Å². The number of carbonyl (C=O) groups excluding carboxylic acids is 1. The summed E-state index contributed by atoms with van der Waals surface area (Å²) in [6.07, 6.45) is 2.22. The second-order valence-electron chi connectivity index (χ2n) is 3.01. The molecule has 0 radical (unpaired) electrons. The van der Waals surface area contributed by atoms with Crippen molar-refractivity contribution in [2.75, 3.05) is 0 Å². The topological polar surface area (TPSA) is 52.3 Å². The Labute approximate surface area is 86.5 Å². The van der Waals surface area contributed by atoms with Crippen LogP contribution in [0.25, 0.3) is 0 Å². The molecule has 4 heteroatoms. The normalized spacial score (nSPS) is 9.93. The second-order valence-corrected chi connectivity index (χ2v) is 3.01. The van der Waals surface area contributed by atoms with Gasteiger partial charge in [-0.15, -0.1) is 0 Å². The first-order valence-corrected chi connectivity index (χ1v) is 4.43. The van der Waals surface area contributed by atoms with Crippen molar-refractivity contribution >= 4 is 6.29 Å². The molecule has 0 fully saturated rings. The van der Waals surface area contributed by atoms with Gasteiger partial charge in [-0.1, -0.05) is 0 Å². The van der Waals surface area contributed by atoms with Gasteiger partial charge in [0.2, 0.25) is 0 Å². The van der Waals surface area contributed by atoms with Crippen LogP contribution in [0.2, 0.25) is 0 Å². The molecule has 4 nitrogen and oxygen atoms in total. The molecule has 2 heterocycles. The van der Waals surface area contributed by atoms with Gasteiger partial charge < -0.3 is 9.15 Å². The average Bonchev–Trinajstić information content (AvgIpc) is 2.69. The number of aldehydes is 1. The zero-order valence-electron chi connectivity index (χ0n) is 8.14. The molecule has 0 saturated heterocycles. The molecular formula is C11H9NO3. The van der Waals surface area contributed by atoms with Gasteiger partial charge in [-0.05, 0) is 25.1 Å². The van der Waals surface area contributed by atoms with Crippen LogP contribution in [0.4, 0.5) is 0 Å². The quantitative estimate of drug-likeness (QED) is 0.719. The van der Waals surface area contributed by atoms with Crippen LogP contribution in [0, 0.1) is 6.92 Å². The predicted molar refractivity (Wildman–Crippen MR) is 53.1 cm³/mol. The third-order valence-corrected chi connectivity index (χ3v) is 1.82. The van der Waals surface area contributed by atoms with Crippen LogP contribution in [0.15, 0.2) is 34.9 Å². The Morgan fingerprint density at radius 1 is 1.33 bits per heavy atom. The molecule has 0 amide bonds. The van der Waals surface area contributed by atoms with Crippen LogP contribution in [-0.4, -0.2) is 11.3 Å². The van der Waals surface area contributed by atoms with E-state index < -0.39 is 0 Å². The first-order valence-electron chi connectivity index (χ1n) is 4.43. The summed E-state index contributed by atoms with van der Waals surface area (Å²) in [5, 5.41) is 0. The van der Waals surface area contributed by atoms with Crippen molar-refractivity contribution in [3.05, 3.63) is 41.9 Å². The molecule has 0 aliphatic carbocycles. The molecule has 2 rings (SSSR count). The maximum absolute atomic E-state index is 10.4. The highest BCUT2D eigenvalue weighted by molar-refractivity contribution is 5.70. The summed E-state index contributed by atoms with van der Waals surface area (Å²) in [5.74, 6) is 1.10. The van der Waals surface area contributed by atoms with Crippen molar-refractivity contribution in [3.8, 4) is 11.7 Å². The highest BCUT2D eigenvalue weighted by atomic mass is 16.6. The molecule has 15 heavy (non-hydrogen) atoms.